The molecular formula is C25H35N3O5S. The van der Waals surface area contributed by atoms with E-state index < -0.39 is 28.5 Å². The van der Waals surface area contributed by atoms with Crippen molar-refractivity contribution in [3.63, 3.8) is 0 Å². The van der Waals surface area contributed by atoms with Gasteiger partial charge in [0.2, 0.25) is 21.8 Å². The fraction of sp³-hybridized carbons (Fsp3) is 0.440. The number of amides is 2. The molecule has 2 aromatic rings. The molecule has 0 aromatic heterocycles. The van der Waals surface area contributed by atoms with Gasteiger partial charge in [-0.2, -0.15) is 0 Å². The number of hydrogen-bond donors (Lipinski definition) is 1. The maximum Gasteiger partial charge on any atom is 0.244 e. The number of methoxy groups -OCH3 is 1. The molecule has 1 atom stereocenters. The molecule has 0 heterocycles. The summed E-state index contributed by atoms with van der Waals surface area (Å²) in [6, 6.07) is 15.0. The van der Waals surface area contributed by atoms with Crippen LogP contribution in [0.5, 0.6) is 5.75 Å². The van der Waals surface area contributed by atoms with Crippen molar-refractivity contribution in [3.8, 4) is 5.75 Å². The minimum atomic E-state index is -3.74. The number of sulfonamides is 1. The lowest BCUT2D eigenvalue weighted by Gasteiger charge is -2.33. The van der Waals surface area contributed by atoms with Crippen molar-refractivity contribution in [2.24, 2.45) is 0 Å². The van der Waals surface area contributed by atoms with Crippen LogP contribution in [0.4, 0.5) is 5.69 Å². The molecule has 2 aromatic carbocycles. The van der Waals surface area contributed by atoms with Crippen LogP contribution in [0.1, 0.15) is 38.7 Å². The minimum Gasteiger partial charge on any atom is -0.497 e. The number of nitrogens with zero attached hydrogens (tertiary/aromatic N) is 2. The van der Waals surface area contributed by atoms with Crippen molar-refractivity contribution >= 4 is 27.5 Å². The number of benzene rings is 2. The summed E-state index contributed by atoms with van der Waals surface area (Å²) in [6.07, 6.45) is 3.22. The lowest BCUT2D eigenvalue weighted by atomic mass is 10.1. The number of rotatable bonds is 13. The van der Waals surface area contributed by atoms with Crippen LogP contribution in [-0.2, 0) is 26.2 Å². The SMILES string of the molecule is CCCCNC(=O)[C@H](CC)N(Cc1cccc(OC)c1)C(=O)CN(c1ccccc1)S(C)(=O)=O. The summed E-state index contributed by atoms with van der Waals surface area (Å²) in [4.78, 5) is 28.0. The van der Waals surface area contributed by atoms with Crippen molar-refractivity contribution < 1.29 is 22.7 Å². The summed E-state index contributed by atoms with van der Waals surface area (Å²) in [6.45, 7) is 4.12. The van der Waals surface area contributed by atoms with E-state index in [-0.39, 0.29) is 12.5 Å². The molecule has 186 valence electrons. The van der Waals surface area contributed by atoms with E-state index in [0.29, 0.717) is 24.4 Å². The Morgan fingerprint density at radius 3 is 2.35 bits per heavy atom. The standard InChI is InChI=1S/C25H35N3O5S/c1-5-7-16-26-25(30)23(6-2)27(18-20-12-11-15-22(17-20)33-3)24(29)19-28(34(4,31)32)21-13-9-8-10-14-21/h8-15,17,23H,5-7,16,18-19H2,1-4H3,(H,26,30)/t23-/m0/s1. The zero-order valence-electron chi connectivity index (χ0n) is 20.4. The Morgan fingerprint density at radius 2 is 1.76 bits per heavy atom. The Balaban J connectivity index is 2.39. The molecule has 0 bridgehead atoms. The molecule has 0 saturated heterocycles. The van der Waals surface area contributed by atoms with Crippen molar-refractivity contribution in [2.75, 3.05) is 30.8 Å². The summed E-state index contributed by atoms with van der Waals surface area (Å²) in [5.74, 6) is -0.0835. The van der Waals surface area contributed by atoms with Gasteiger partial charge in [-0.1, -0.05) is 50.6 Å². The highest BCUT2D eigenvalue weighted by molar-refractivity contribution is 7.92. The third-order valence-corrected chi connectivity index (χ3v) is 6.57. The highest BCUT2D eigenvalue weighted by Gasteiger charge is 2.31. The van der Waals surface area contributed by atoms with E-state index in [1.54, 1.807) is 49.6 Å². The predicted molar refractivity (Wildman–Crippen MR) is 134 cm³/mol. The van der Waals surface area contributed by atoms with Gasteiger partial charge in [-0.25, -0.2) is 8.42 Å². The van der Waals surface area contributed by atoms with Gasteiger partial charge in [0.25, 0.3) is 0 Å². The molecule has 9 heteroatoms. The molecule has 0 radical (unpaired) electrons. The van der Waals surface area contributed by atoms with Gasteiger partial charge in [0, 0.05) is 13.1 Å². The van der Waals surface area contributed by atoms with Crippen molar-refractivity contribution in [3.05, 3.63) is 60.2 Å². The van der Waals surface area contributed by atoms with E-state index in [0.717, 1.165) is 29.0 Å². The molecule has 0 unspecified atom stereocenters. The first kappa shape index (κ1) is 27.2. The zero-order valence-corrected chi connectivity index (χ0v) is 21.2. The molecule has 0 aliphatic heterocycles. The molecule has 0 fully saturated rings. The monoisotopic (exact) mass is 489 g/mol. The Morgan fingerprint density at radius 1 is 1.06 bits per heavy atom. The number of anilines is 1. The van der Waals surface area contributed by atoms with Gasteiger partial charge in [-0.15, -0.1) is 0 Å². The summed E-state index contributed by atoms with van der Waals surface area (Å²) in [5, 5.41) is 2.90. The summed E-state index contributed by atoms with van der Waals surface area (Å²) in [7, 11) is -2.18. The summed E-state index contributed by atoms with van der Waals surface area (Å²) >= 11 is 0. The molecule has 2 rings (SSSR count). The summed E-state index contributed by atoms with van der Waals surface area (Å²) < 4.78 is 31.4. The first-order valence-corrected chi connectivity index (χ1v) is 13.3. The number of hydrogen-bond acceptors (Lipinski definition) is 5. The van der Waals surface area contributed by atoms with Crippen LogP contribution in [0.2, 0.25) is 0 Å². The van der Waals surface area contributed by atoms with Gasteiger partial charge >= 0.3 is 0 Å². The first-order valence-electron chi connectivity index (χ1n) is 11.4. The molecule has 34 heavy (non-hydrogen) atoms. The van der Waals surface area contributed by atoms with Crippen molar-refractivity contribution in [2.45, 2.75) is 45.7 Å². The maximum atomic E-state index is 13.6. The van der Waals surface area contributed by atoms with Gasteiger partial charge in [-0.3, -0.25) is 13.9 Å². The molecule has 2 amide bonds. The van der Waals surface area contributed by atoms with Crippen LogP contribution in [-0.4, -0.2) is 57.6 Å². The number of nitrogens with one attached hydrogen (secondary N) is 1. The topological polar surface area (TPSA) is 96.0 Å². The van der Waals surface area contributed by atoms with E-state index in [1.807, 2.05) is 26.0 Å². The van der Waals surface area contributed by atoms with Crippen LogP contribution in [0.25, 0.3) is 0 Å². The lowest BCUT2D eigenvalue weighted by Crippen LogP contribution is -2.52. The Labute approximate surface area is 202 Å². The van der Waals surface area contributed by atoms with Gasteiger partial charge in [0.15, 0.2) is 0 Å². The average Bonchev–Trinajstić information content (AvgIpc) is 2.82. The number of ether oxygens (including phenoxy) is 1. The van der Waals surface area contributed by atoms with Crippen molar-refractivity contribution in [1.82, 2.24) is 10.2 Å². The van der Waals surface area contributed by atoms with Gasteiger partial charge in [0.1, 0.15) is 18.3 Å². The molecule has 1 N–H and O–H groups in total. The molecule has 0 aliphatic rings. The van der Waals surface area contributed by atoms with E-state index in [4.69, 9.17) is 4.74 Å². The highest BCUT2D eigenvalue weighted by atomic mass is 32.2. The molecule has 8 nitrogen and oxygen atoms in total. The predicted octanol–water partition coefficient (Wildman–Crippen LogP) is 3.18. The Kier molecular flexibility index (Phi) is 10.4. The second-order valence-corrected chi connectivity index (χ2v) is 9.95. The average molecular weight is 490 g/mol. The second-order valence-electron chi connectivity index (χ2n) is 8.05. The highest BCUT2D eigenvalue weighted by Crippen LogP contribution is 2.20. The quantitative estimate of drug-likeness (QED) is 0.436. The third kappa shape index (κ3) is 7.76. The second kappa shape index (κ2) is 13.0. The van der Waals surface area contributed by atoms with Crippen LogP contribution in [0, 0.1) is 0 Å². The smallest absolute Gasteiger partial charge is 0.244 e. The molecule has 0 aliphatic carbocycles. The fourth-order valence-electron chi connectivity index (χ4n) is 3.60. The van der Waals surface area contributed by atoms with E-state index in [1.165, 1.54) is 4.90 Å². The van der Waals surface area contributed by atoms with E-state index >= 15 is 0 Å². The lowest BCUT2D eigenvalue weighted by molar-refractivity contribution is -0.140. The van der Waals surface area contributed by atoms with Gasteiger partial charge in [-0.05, 0) is 42.7 Å². The zero-order chi connectivity index (χ0) is 25.1. The Hall–Kier alpha value is -3.07. The number of carbonyl (C=O) groups excluding carboxylic acids is 2. The van der Waals surface area contributed by atoms with Gasteiger partial charge < -0.3 is 15.0 Å². The maximum absolute atomic E-state index is 13.6. The van der Waals surface area contributed by atoms with Crippen molar-refractivity contribution in [1.29, 1.82) is 0 Å². The normalized spacial score (nSPS) is 12.0. The van der Waals surface area contributed by atoms with Crippen LogP contribution >= 0.6 is 0 Å². The molecular weight excluding hydrogens is 454 g/mol. The first-order chi connectivity index (χ1) is 16.2. The minimum absolute atomic E-state index is 0.141. The summed E-state index contributed by atoms with van der Waals surface area (Å²) in [5.41, 5.74) is 1.17. The third-order valence-electron chi connectivity index (χ3n) is 5.43. The van der Waals surface area contributed by atoms with E-state index in [2.05, 4.69) is 5.32 Å². The number of carbonyl (C=O) groups is 2. The number of unbranched alkanes of at least 4 members (excludes halogenated alkanes) is 1. The van der Waals surface area contributed by atoms with Crippen LogP contribution in [0.3, 0.4) is 0 Å². The number of para-hydroxylation sites is 1. The van der Waals surface area contributed by atoms with Crippen LogP contribution in [0.15, 0.2) is 54.6 Å². The fourth-order valence-corrected chi connectivity index (χ4v) is 4.45. The molecule has 0 spiro atoms. The van der Waals surface area contributed by atoms with E-state index in [9.17, 15) is 18.0 Å². The van der Waals surface area contributed by atoms with Crippen LogP contribution < -0.4 is 14.4 Å². The molecule has 0 saturated carbocycles. The van der Waals surface area contributed by atoms with Gasteiger partial charge in [0.05, 0.1) is 19.1 Å². The largest absolute Gasteiger partial charge is 0.497 e. The Bertz CT molecular complexity index is 1040.